The topological polar surface area (TPSA) is 35.5 Å². The van der Waals surface area contributed by atoms with Gasteiger partial charge in [-0.1, -0.05) is 4.58 Å². The van der Waals surface area contributed by atoms with Gasteiger partial charge in [0.2, 0.25) is 0 Å². The molecule has 3 nitrogen and oxygen atoms in total. The summed E-state index contributed by atoms with van der Waals surface area (Å²) in [5.74, 6) is 0.969. The van der Waals surface area contributed by atoms with Crippen LogP contribution in [0.15, 0.2) is 0 Å². The van der Waals surface area contributed by atoms with E-state index in [4.69, 9.17) is 5.21 Å². The van der Waals surface area contributed by atoms with Crippen LogP contribution in [0.25, 0.3) is 0 Å². The van der Waals surface area contributed by atoms with Gasteiger partial charge in [0.1, 0.15) is 0 Å². The zero-order valence-corrected chi connectivity index (χ0v) is 4.03. The summed E-state index contributed by atoms with van der Waals surface area (Å²) in [6, 6.07) is 0. The molecule has 0 bridgehead atoms. The molecular formula is C2H6N2OS. The molecule has 36 valence electrons. The highest BCUT2D eigenvalue weighted by Gasteiger charge is 2.05. The zero-order valence-electron chi connectivity index (χ0n) is 3.22. The highest BCUT2D eigenvalue weighted by molar-refractivity contribution is 7.97. The molecule has 1 aliphatic heterocycles. The molecule has 4 heteroatoms. The van der Waals surface area contributed by atoms with E-state index in [0.717, 1.165) is 16.9 Å². The Labute approximate surface area is 40.4 Å². The molecule has 0 aromatic carbocycles. The third-order valence-electron chi connectivity index (χ3n) is 0.563. The van der Waals surface area contributed by atoms with Crippen molar-refractivity contribution < 1.29 is 5.21 Å². The minimum Gasteiger partial charge on any atom is -0.289 e. The van der Waals surface area contributed by atoms with E-state index < -0.39 is 0 Å². The molecule has 0 radical (unpaired) electrons. The lowest BCUT2D eigenvalue weighted by atomic mass is 10.8. The number of rotatable bonds is 0. The Bertz CT molecular complexity index is 44.8. The smallest absolute Gasteiger partial charge is 0.0258 e. The average molecular weight is 106 g/mol. The number of hydrogen-bond donors (Lipinski definition) is 2. The molecule has 0 unspecified atom stereocenters. The Kier molecular flexibility index (Phi) is 1.31. The Morgan fingerprint density at radius 3 is 2.83 bits per heavy atom. The molecule has 0 atom stereocenters. The van der Waals surface area contributed by atoms with Gasteiger partial charge in [-0.3, -0.25) is 5.21 Å². The van der Waals surface area contributed by atoms with Crippen LogP contribution >= 0.6 is 11.9 Å². The molecular weight excluding hydrogens is 100 g/mol. The van der Waals surface area contributed by atoms with Crippen molar-refractivity contribution in [2.75, 3.05) is 12.3 Å². The maximum Gasteiger partial charge on any atom is 0.0258 e. The van der Waals surface area contributed by atoms with Crippen LogP contribution in [0.4, 0.5) is 0 Å². The second-order valence-electron chi connectivity index (χ2n) is 1.01. The maximum atomic E-state index is 8.41. The summed E-state index contributed by atoms with van der Waals surface area (Å²) in [6.45, 7) is 0.876. The van der Waals surface area contributed by atoms with Gasteiger partial charge >= 0.3 is 0 Å². The Balaban J connectivity index is 2.18. The standard InChI is InChI=1S/C2H6N2OS/c5-4-3-1-2-6-4/h3,5H,1-2H2. The molecule has 0 saturated carbocycles. The average Bonchev–Trinajstić information content (AvgIpc) is 1.86. The van der Waals surface area contributed by atoms with Crippen molar-refractivity contribution in [2.45, 2.75) is 0 Å². The van der Waals surface area contributed by atoms with Crippen molar-refractivity contribution >= 4 is 11.9 Å². The van der Waals surface area contributed by atoms with Crippen molar-refractivity contribution in [3.63, 3.8) is 0 Å². The molecule has 0 aliphatic carbocycles. The van der Waals surface area contributed by atoms with Gasteiger partial charge in [0.05, 0.1) is 0 Å². The quantitative estimate of drug-likeness (QED) is 0.421. The largest absolute Gasteiger partial charge is 0.289 e. The Hall–Kier alpha value is 0.230. The molecule has 0 amide bonds. The van der Waals surface area contributed by atoms with Gasteiger partial charge in [0.15, 0.2) is 0 Å². The van der Waals surface area contributed by atoms with E-state index in [1.807, 2.05) is 0 Å². The summed E-state index contributed by atoms with van der Waals surface area (Å²) in [7, 11) is 0. The fraction of sp³-hybridized carbons (Fsp3) is 1.00. The van der Waals surface area contributed by atoms with Gasteiger partial charge in [-0.2, -0.15) is 0 Å². The van der Waals surface area contributed by atoms with Crippen LogP contribution in [-0.2, 0) is 0 Å². The van der Waals surface area contributed by atoms with Crippen molar-refractivity contribution in [1.82, 2.24) is 10.0 Å². The Morgan fingerprint density at radius 1 is 1.83 bits per heavy atom. The molecule has 0 spiro atoms. The minimum atomic E-state index is 0.876. The van der Waals surface area contributed by atoms with Crippen LogP contribution in [0.1, 0.15) is 0 Å². The third kappa shape index (κ3) is 0.844. The fourth-order valence-electron chi connectivity index (χ4n) is 0.319. The molecule has 1 saturated heterocycles. The van der Waals surface area contributed by atoms with Crippen molar-refractivity contribution in [3.05, 3.63) is 0 Å². The van der Waals surface area contributed by atoms with Crippen LogP contribution in [0, 0.1) is 0 Å². The monoisotopic (exact) mass is 106 g/mol. The first-order chi connectivity index (χ1) is 2.89. The minimum absolute atomic E-state index is 0.876. The lowest BCUT2D eigenvalue weighted by Gasteiger charge is -1.98. The van der Waals surface area contributed by atoms with Gasteiger partial charge < -0.3 is 0 Å². The highest BCUT2D eigenvalue weighted by Crippen LogP contribution is 2.06. The van der Waals surface area contributed by atoms with Crippen LogP contribution in [0.5, 0.6) is 0 Å². The second kappa shape index (κ2) is 1.79. The summed E-state index contributed by atoms with van der Waals surface area (Å²) in [5.41, 5.74) is 2.67. The predicted molar refractivity (Wildman–Crippen MR) is 24.1 cm³/mol. The van der Waals surface area contributed by atoms with Crippen molar-refractivity contribution in [2.24, 2.45) is 0 Å². The van der Waals surface area contributed by atoms with Crippen LogP contribution < -0.4 is 5.43 Å². The summed E-state index contributed by atoms with van der Waals surface area (Å²) < 4.78 is 1.03. The number of hydrogen-bond acceptors (Lipinski definition) is 4. The fourth-order valence-corrected chi connectivity index (χ4v) is 0.857. The molecule has 1 rings (SSSR count). The number of nitrogens with zero attached hydrogens (tertiary/aromatic N) is 1. The Morgan fingerprint density at radius 2 is 2.67 bits per heavy atom. The summed E-state index contributed by atoms with van der Waals surface area (Å²) in [4.78, 5) is 0. The van der Waals surface area contributed by atoms with Crippen LogP contribution in [0.2, 0.25) is 0 Å². The number of nitrogens with one attached hydrogen (secondary N) is 1. The van der Waals surface area contributed by atoms with E-state index in [2.05, 4.69) is 5.43 Å². The number of hydrazine groups is 1. The lowest BCUT2D eigenvalue weighted by molar-refractivity contribution is -0.0213. The first kappa shape index (κ1) is 4.39. The predicted octanol–water partition coefficient (Wildman–Crippen LogP) is -0.156. The van der Waals surface area contributed by atoms with E-state index in [0.29, 0.717) is 0 Å². The van der Waals surface area contributed by atoms with Crippen molar-refractivity contribution in [3.8, 4) is 0 Å². The van der Waals surface area contributed by atoms with E-state index >= 15 is 0 Å². The van der Waals surface area contributed by atoms with Gasteiger partial charge in [-0.15, -0.1) is 0 Å². The van der Waals surface area contributed by atoms with Gasteiger partial charge in [0.25, 0.3) is 0 Å². The van der Waals surface area contributed by atoms with E-state index in [1.54, 1.807) is 0 Å². The molecule has 0 aromatic heterocycles. The molecule has 0 aromatic rings. The first-order valence-corrected chi connectivity index (χ1v) is 2.69. The third-order valence-corrected chi connectivity index (χ3v) is 1.32. The first-order valence-electron chi connectivity index (χ1n) is 1.75. The highest BCUT2D eigenvalue weighted by atomic mass is 32.2. The summed E-state index contributed by atoms with van der Waals surface area (Å²) in [6.07, 6.45) is 0. The molecule has 1 aliphatic rings. The van der Waals surface area contributed by atoms with Gasteiger partial charge in [-0.25, -0.2) is 5.43 Å². The maximum absolute atomic E-state index is 8.41. The van der Waals surface area contributed by atoms with E-state index in [1.165, 1.54) is 11.9 Å². The van der Waals surface area contributed by atoms with E-state index in [9.17, 15) is 0 Å². The van der Waals surface area contributed by atoms with Crippen LogP contribution in [-0.4, -0.2) is 22.1 Å². The summed E-state index contributed by atoms with van der Waals surface area (Å²) >= 11 is 1.37. The SMILES string of the molecule is ON1NCCS1. The van der Waals surface area contributed by atoms with Gasteiger partial charge in [0, 0.05) is 12.3 Å². The van der Waals surface area contributed by atoms with E-state index in [-0.39, 0.29) is 0 Å². The lowest BCUT2D eigenvalue weighted by Crippen LogP contribution is -2.21. The molecule has 6 heavy (non-hydrogen) atoms. The normalized spacial score (nSPS) is 25.5. The second-order valence-corrected chi connectivity index (χ2v) is 2.03. The van der Waals surface area contributed by atoms with Crippen LogP contribution in [0.3, 0.4) is 0 Å². The van der Waals surface area contributed by atoms with Gasteiger partial charge in [-0.05, 0) is 11.9 Å². The zero-order chi connectivity index (χ0) is 4.41. The molecule has 1 heterocycles. The van der Waals surface area contributed by atoms with Crippen molar-refractivity contribution in [1.29, 1.82) is 0 Å². The summed E-state index contributed by atoms with van der Waals surface area (Å²) in [5, 5.41) is 8.41. The molecule has 1 fully saturated rings. The molecule has 2 N–H and O–H groups in total.